The fourth-order valence-electron chi connectivity index (χ4n) is 2.65. The molecule has 0 saturated heterocycles. The number of nitrogens with zero attached hydrogens (tertiary/aromatic N) is 1. The summed E-state index contributed by atoms with van der Waals surface area (Å²) in [5, 5.41) is 0. The first kappa shape index (κ1) is 11.0. The van der Waals surface area contributed by atoms with Crippen molar-refractivity contribution in [2.24, 2.45) is 5.73 Å². The number of benzene rings is 2. The number of aryl methyl sites for hydroxylation is 2. The van der Waals surface area contributed by atoms with E-state index in [0.29, 0.717) is 0 Å². The Morgan fingerprint density at radius 2 is 1.67 bits per heavy atom. The standard InChI is InChI=1S/C16H16N2/c1-11-7-12(2)9-14(8-11)18-10-13-5-3-4-6-15(13)16(18)17/h3-9,17H,10H2,1-2H3/p+1. The van der Waals surface area contributed by atoms with Crippen LogP contribution in [0.1, 0.15) is 22.3 Å². The first-order valence-electron chi connectivity index (χ1n) is 6.22. The van der Waals surface area contributed by atoms with Crippen LogP contribution in [0, 0.1) is 13.8 Å². The summed E-state index contributed by atoms with van der Waals surface area (Å²) in [6.45, 7) is 5.11. The van der Waals surface area contributed by atoms with Crippen molar-refractivity contribution < 1.29 is 4.58 Å². The monoisotopic (exact) mass is 237 g/mol. The zero-order valence-electron chi connectivity index (χ0n) is 10.8. The molecule has 0 atom stereocenters. The molecule has 2 N–H and O–H groups in total. The van der Waals surface area contributed by atoms with Crippen molar-refractivity contribution in [2.45, 2.75) is 20.4 Å². The Morgan fingerprint density at radius 1 is 1.00 bits per heavy atom. The minimum Gasteiger partial charge on any atom is -0.286 e. The minimum atomic E-state index is 0.857. The smallest absolute Gasteiger partial charge is 0.280 e. The van der Waals surface area contributed by atoms with Crippen LogP contribution in [0.25, 0.3) is 0 Å². The normalized spacial score (nSPS) is 13.9. The molecule has 3 rings (SSSR count). The quantitative estimate of drug-likeness (QED) is 0.759. The van der Waals surface area contributed by atoms with Gasteiger partial charge in [-0.1, -0.05) is 24.3 Å². The number of amidine groups is 1. The summed E-state index contributed by atoms with van der Waals surface area (Å²) >= 11 is 0. The third-order valence-electron chi connectivity index (χ3n) is 3.43. The fraction of sp³-hybridized carbons (Fsp3) is 0.188. The van der Waals surface area contributed by atoms with E-state index in [1.54, 1.807) is 0 Å². The number of rotatable bonds is 1. The van der Waals surface area contributed by atoms with E-state index in [1.807, 2.05) is 6.07 Å². The maximum atomic E-state index is 6.27. The van der Waals surface area contributed by atoms with Gasteiger partial charge in [0.15, 0.2) is 0 Å². The van der Waals surface area contributed by atoms with Crippen molar-refractivity contribution in [2.75, 3.05) is 0 Å². The summed E-state index contributed by atoms with van der Waals surface area (Å²) in [6, 6.07) is 14.9. The molecule has 0 spiro atoms. The Balaban J connectivity index is 2.12. The lowest BCUT2D eigenvalue weighted by Gasteiger charge is -2.05. The molecule has 2 aromatic carbocycles. The zero-order chi connectivity index (χ0) is 12.7. The SMILES string of the molecule is Cc1cc(C)cc([N+]2=C(N)c3ccccc3C2)c1. The summed E-state index contributed by atoms with van der Waals surface area (Å²) < 4.78 is 2.19. The molecule has 1 aliphatic rings. The molecule has 2 aromatic rings. The van der Waals surface area contributed by atoms with Crippen LogP contribution in [0.5, 0.6) is 0 Å². The summed E-state index contributed by atoms with van der Waals surface area (Å²) in [5.74, 6) is 0.857. The van der Waals surface area contributed by atoms with Crippen LogP contribution in [-0.2, 0) is 6.54 Å². The van der Waals surface area contributed by atoms with Crippen LogP contribution in [0.3, 0.4) is 0 Å². The molecule has 2 heteroatoms. The topological polar surface area (TPSA) is 29.0 Å². The average Bonchev–Trinajstić information content (AvgIpc) is 2.66. The molecule has 0 unspecified atom stereocenters. The summed E-state index contributed by atoms with van der Waals surface area (Å²) in [5.41, 5.74) is 12.5. The first-order chi connectivity index (χ1) is 8.65. The average molecular weight is 237 g/mol. The molecule has 2 nitrogen and oxygen atoms in total. The number of fused-ring (bicyclic) bond motifs is 1. The van der Waals surface area contributed by atoms with Crippen molar-refractivity contribution >= 4 is 11.5 Å². The Bertz CT molecular complexity index is 634. The van der Waals surface area contributed by atoms with Crippen molar-refractivity contribution in [3.05, 3.63) is 64.7 Å². The van der Waals surface area contributed by atoms with Crippen LogP contribution in [-0.4, -0.2) is 10.4 Å². The van der Waals surface area contributed by atoms with Gasteiger partial charge < -0.3 is 0 Å². The molecular weight excluding hydrogens is 220 g/mol. The Kier molecular flexibility index (Phi) is 2.44. The first-order valence-corrected chi connectivity index (χ1v) is 6.22. The molecule has 0 aromatic heterocycles. The van der Waals surface area contributed by atoms with Gasteiger partial charge in [0.2, 0.25) is 0 Å². The van der Waals surface area contributed by atoms with Gasteiger partial charge in [-0.05, 0) is 43.2 Å². The molecular formula is C16H17N2+. The van der Waals surface area contributed by atoms with E-state index in [0.717, 1.165) is 17.9 Å². The Hall–Kier alpha value is -2.09. The largest absolute Gasteiger partial charge is 0.286 e. The molecule has 90 valence electrons. The lowest BCUT2D eigenvalue weighted by molar-refractivity contribution is -0.453. The highest BCUT2D eigenvalue weighted by Gasteiger charge is 2.25. The summed E-state index contributed by atoms with van der Waals surface area (Å²) in [4.78, 5) is 0. The molecule has 0 amide bonds. The van der Waals surface area contributed by atoms with Gasteiger partial charge in [-0.2, -0.15) is 0 Å². The van der Waals surface area contributed by atoms with Crippen LogP contribution in [0.4, 0.5) is 5.69 Å². The van der Waals surface area contributed by atoms with Crippen LogP contribution in [0.15, 0.2) is 42.5 Å². The molecule has 18 heavy (non-hydrogen) atoms. The molecule has 1 aliphatic heterocycles. The summed E-state index contributed by atoms with van der Waals surface area (Å²) in [6.07, 6.45) is 0. The van der Waals surface area contributed by atoms with Crippen molar-refractivity contribution in [3.63, 3.8) is 0 Å². The van der Waals surface area contributed by atoms with Gasteiger partial charge in [0.25, 0.3) is 5.84 Å². The van der Waals surface area contributed by atoms with E-state index in [1.165, 1.54) is 22.4 Å². The van der Waals surface area contributed by atoms with Gasteiger partial charge in [-0.25, -0.2) is 4.58 Å². The van der Waals surface area contributed by atoms with Gasteiger partial charge in [0.05, 0.1) is 5.56 Å². The second-order valence-electron chi connectivity index (χ2n) is 4.97. The van der Waals surface area contributed by atoms with Gasteiger partial charge in [-0.3, -0.25) is 5.73 Å². The van der Waals surface area contributed by atoms with Gasteiger partial charge >= 0.3 is 0 Å². The number of hydrogen-bond donors (Lipinski definition) is 1. The number of hydrogen-bond acceptors (Lipinski definition) is 1. The highest BCUT2D eigenvalue weighted by atomic mass is 15.1. The predicted molar refractivity (Wildman–Crippen MR) is 74.3 cm³/mol. The molecule has 0 bridgehead atoms. The lowest BCUT2D eigenvalue weighted by Crippen LogP contribution is -2.20. The van der Waals surface area contributed by atoms with Crippen LogP contribution >= 0.6 is 0 Å². The van der Waals surface area contributed by atoms with Crippen LogP contribution < -0.4 is 5.73 Å². The van der Waals surface area contributed by atoms with Crippen molar-refractivity contribution in [1.29, 1.82) is 0 Å². The third kappa shape index (κ3) is 1.70. The fourth-order valence-corrected chi connectivity index (χ4v) is 2.65. The van der Waals surface area contributed by atoms with E-state index in [2.05, 4.69) is 54.8 Å². The third-order valence-corrected chi connectivity index (χ3v) is 3.43. The molecule has 1 heterocycles. The van der Waals surface area contributed by atoms with E-state index in [4.69, 9.17) is 5.73 Å². The highest BCUT2D eigenvalue weighted by Crippen LogP contribution is 2.25. The van der Waals surface area contributed by atoms with E-state index >= 15 is 0 Å². The van der Waals surface area contributed by atoms with Gasteiger partial charge in [-0.15, -0.1) is 0 Å². The molecule has 0 fully saturated rings. The Labute approximate surface area is 107 Å². The second kappa shape index (κ2) is 3.98. The maximum Gasteiger partial charge on any atom is 0.280 e. The van der Waals surface area contributed by atoms with E-state index in [9.17, 15) is 0 Å². The number of nitrogens with two attached hydrogens (primary N) is 1. The second-order valence-corrected chi connectivity index (χ2v) is 4.97. The highest BCUT2D eigenvalue weighted by molar-refractivity contribution is 5.97. The molecule has 0 aliphatic carbocycles. The molecule has 0 radical (unpaired) electrons. The van der Waals surface area contributed by atoms with Gasteiger partial charge in [0, 0.05) is 5.56 Å². The lowest BCUT2D eigenvalue weighted by atomic mass is 10.1. The Morgan fingerprint density at radius 3 is 2.33 bits per heavy atom. The van der Waals surface area contributed by atoms with E-state index in [-0.39, 0.29) is 0 Å². The van der Waals surface area contributed by atoms with E-state index < -0.39 is 0 Å². The van der Waals surface area contributed by atoms with Crippen molar-refractivity contribution in [3.8, 4) is 0 Å². The molecule has 0 saturated carbocycles. The zero-order valence-corrected chi connectivity index (χ0v) is 10.8. The summed E-state index contributed by atoms with van der Waals surface area (Å²) in [7, 11) is 0. The van der Waals surface area contributed by atoms with Crippen LogP contribution in [0.2, 0.25) is 0 Å². The maximum absolute atomic E-state index is 6.27. The van der Waals surface area contributed by atoms with Crippen molar-refractivity contribution in [1.82, 2.24) is 0 Å². The predicted octanol–water partition coefficient (Wildman–Crippen LogP) is 2.87. The van der Waals surface area contributed by atoms with Gasteiger partial charge in [0.1, 0.15) is 12.2 Å². The minimum absolute atomic E-state index is 0.857.